The van der Waals surface area contributed by atoms with Gasteiger partial charge in [0.15, 0.2) is 0 Å². The summed E-state index contributed by atoms with van der Waals surface area (Å²) < 4.78 is 1.62. The molecule has 0 amide bonds. The molecule has 3 aromatic rings. The minimum absolute atomic E-state index is 0.0477. The Bertz CT molecular complexity index is 1320. The quantitative estimate of drug-likeness (QED) is 0.501. The molecule has 1 saturated heterocycles. The molecule has 1 aliphatic heterocycles. The molecule has 6 heteroatoms. The van der Waals surface area contributed by atoms with Gasteiger partial charge in [-0.1, -0.05) is 38.1 Å². The highest BCUT2D eigenvalue weighted by molar-refractivity contribution is 5.89. The van der Waals surface area contributed by atoms with Gasteiger partial charge in [0.1, 0.15) is 17.3 Å². The maximum Gasteiger partial charge on any atom is 0.252 e. The van der Waals surface area contributed by atoms with E-state index in [1.807, 2.05) is 6.07 Å². The van der Waals surface area contributed by atoms with Gasteiger partial charge >= 0.3 is 0 Å². The fourth-order valence-corrected chi connectivity index (χ4v) is 5.70. The second-order valence-electron chi connectivity index (χ2n) is 10.2. The topological polar surface area (TPSA) is 65.2 Å². The molecule has 0 spiro atoms. The predicted molar refractivity (Wildman–Crippen MR) is 141 cm³/mol. The predicted octanol–water partition coefficient (Wildman–Crippen LogP) is 5.12. The van der Waals surface area contributed by atoms with Crippen LogP contribution < -0.4 is 10.5 Å². The Kier molecular flexibility index (Phi) is 6.37. The van der Waals surface area contributed by atoms with Crippen molar-refractivity contribution in [1.29, 1.82) is 5.26 Å². The van der Waals surface area contributed by atoms with Crippen LogP contribution in [0.25, 0.3) is 11.0 Å². The van der Waals surface area contributed by atoms with Crippen molar-refractivity contribution in [2.45, 2.75) is 70.5 Å². The Morgan fingerprint density at radius 1 is 1.06 bits per heavy atom. The zero-order chi connectivity index (χ0) is 24.7. The minimum Gasteiger partial charge on any atom is -0.364 e. The molecule has 1 aromatic carbocycles. The molecular formula is C29H35N5O. The lowest BCUT2D eigenvalue weighted by Crippen LogP contribution is -2.58. The van der Waals surface area contributed by atoms with Gasteiger partial charge in [-0.05, 0) is 61.8 Å². The molecule has 2 aliphatic rings. The van der Waals surface area contributed by atoms with E-state index < -0.39 is 0 Å². The van der Waals surface area contributed by atoms with Crippen LogP contribution >= 0.6 is 0 Å². The Balaban J connectivity index is 1.49. The molecule has 0 bridgehead atoms. The molecule has 2 fully saturated rings. The highest BCUT2D eigenvalue weighted by atomic mass is 16.1. The molecule has 35 heavy (non-hydrogen) atoms. The smallest absolute Gasteiger partial charge is 0.252 e. The Morgan fingerprint density at radius 2 is 1.77 bits per heavy atom. The van der Waals surface area contributed by atoms with Gasteiger partial charge in [-0.3, -0.25) is 9.69 Å². The minimum atomic E-state index is -0.0477. The van der Waals surface area contributed by atoms with E-state index in [0.717, 1.165) is 48.6 Å². The van der Waals surface area contributed by atoms with Gasteiger partial charge in [-0.25, -0.2) is 4.98 Å². The van der Waals surface area contributed by atoms with E-state index in [-0.39, 0.29) is 11.6 Å². The highest BCUT2D eigenvalue weighted by Gasteiger charge is 2.36. The van der Waals surface area contributed by atoms with Gasteiger partial charge in [0.2, 0.25) is 0 Å². The van der Waals surface area contributed by atoms with Crippen LogP contribution in [0, 0.1) is 11.3 Å². The number of fused-ring (bicyclic) bond motifs is 1. The molecule has 0 N–H and O–H groups in total. The molecule has 6 nitrogen and oxygen atoms in total. The lowest BCUT2D eigenvalue weighted by Gasteiger charge is -2.49. The number of aromatic nitrogens is 2. The molecule has 3 atom stereocenters. The molecule has 2 aromatic heterocycles. The van der Waals surface area contributed by atoms with Crippen LogP contribution in [0.1, 0.15) is 75.2 Å². The first kappa shape index (κ1) is 23.6. The van der Waals surface area contributed by atoms with Gasteiger partial charge in [0.05, 0.1) is 11.2 Å². The summed E-state index contributed by atoms with van der Waals surface area (Å²) in [6.45, 7) is 8.55. The van der Waals surface area contributed by atoms with E-state index >= 15 is 0 Å². The third-order valence-electron chi connectivity index (χ3n) is 8.14. The van der Waals surface area contributed by atoms with Gasteiger partial charge in [0.25, 0.3) is 5.56 Å². The number of pyridine rings is 2. The first-order chi connectivity index (χ1) is 16.9. The van der Waals surface area contributed by atoms with Crippen LogP contribution in [-0.4, -0.2) is 39.6 Å². The van der Waals surface area contributed by atoms with Gasteiger partial charge in [0, 0.05) is 44.3 Å². The van der Waals surface area contributed by atoms with Crippen molar-refractivity contribution >= 4 is 16.7 Å². The summed E-state index contributed by atoms with van der Waals surface area (Å²) in [6, 6.07) is 17.6. The summed E-state index contributed by atoms with van der Waals surface area (Å²) in [6.07, 6.45) is 4.65. The summed E-state index contributed by atoms with van der Waals surface area (Å²) in [7, 11) is 1.77. The number of hydrogen-bond donors (Lipinski definition) is 0. The normalized spacial score (nSPS) is 21.7. The van der Waals surface area contributed by atoms with E-state index in [1.54, 1.807) is 23.7 Å². The number of benzene rings is 1. The van der Waals surface area contributed by atoms with E-state index in [2.05, 4.69) is 65.9 Å². The van der Waals surface area contributed by atoms with Crippen molar-refractivity contribution in [3.8, 4) is 6.07 Å². The monoisotopic (exact) mass is 469 g/mol. The summed E-state index contributed by atoms with van der Waals surface area (Å²) in [5, 5.41) is 9.45. The number of nitriles is 1. The molecule has 3 heterocycles. The molecule has 182 valence electrons. The zero-order valence-corrected chi connectivity index (χ0v) is 21.2. The van der Waals surface area contributed by atoms with E-state index in [1.165, 1.54) is 24.0 Å². The van der Waals surface area contributed by atoms with Crippen LogP contribution in [0.5, 0.6) is 0 Å². The highest BCUT2D eigenvalue weighted by Crippen LogP contribution is 2.41. The molecular weight excluding hydrogens is 434 g/mol. The third-order valence-corrected chi connectivity index (χ3v) is 8.14. The zero-order valence-electron chi connectivity index (χ0n) is 21.2. The average molecular weight is 470 g/mol. The second kappa shape index (κ2) is 9.47. The van der Waals surface area contributed by atoms with Crippen LogP contribution in [0.2, 0.25) is 0 Å². The number of nitrogens with zero attached hydrogens (tertiary/aromatic N) is 5. The molecule has 1 unspecified atom stereocenters. The van der Waals surface area contributed by atoms with Crippen molar-refractivity contribution in [3.05, 3.63) is 69.6 Å². The fraction of sp³-hybridized carbons (Fsp3) is 0.483. The number of hydrogen-bond acceptors (Lipinski definition) is 5. The number of rotatable bonds is 6. The number of anilines is 1. The van der Waals surface area contributed by atoms with Crippen molar-refractivity contribution in [2.75, 3.05) is 18.0 Å². The van der Waals surface area contributed by atoms with Crippen molar-refractivity contribution in [2.24, 2.45) is 7.05 Å². The maximum atomic E-state index is 12.9. The standard InChI is InChI=1S/C29H35N5O/c1-5-24-18-34(27-15-28(35)32(4)26-14-13-23(16-30)31-29(26)27)25(6-2)17-33(24)19(3)20-7-9-21(10-8-20)22-11-12-22/h7-10,13-15,19,22,24-25H,5-6,11-12,17-18H2,1-4H3/t19?,24-,25+/m1/s1. The summed E-state index contributed by atoms with van der Waals surface area (Å²) in [4.78, 5) is 22.5. The third kappa shape index (κ3) is 4.34. The van der Waals surface area contributed by atoms with Crippen LogP contribution in [0.4, 0.5) is 5.69 Å². The molecule has 1 saturated carbocycles. The van der Waals surface area contributed by atoms with Crippen LogP contribution in [-0.2, 0) is 7.05 Å². The largest absolute Gasteiger partial charge is 0.364 e. The first-order valence-corrected chi connectivity index (χ1v) is 13.0. The Hall–Kier alpha value is -3.17. The second-order valence-corrected chi connectivity index (χ2v) is 10.2. The van der Waals surface area contributed by atoms with Gasteiger partial charge in [-0.2, -0.15) is 5.26 Å². The van der Waals surface area contributed by atoms with E-state index in [4.69, 9.17) is 0 Å². The Labute approximate surface area is 207 Å². The van der Waals surface area contributed by atoms with Crippen molar-refractivity contribution in [1.82, 2.24) is 14.5 Å². The first-order valence-electron chi connectivity index (χ1n) is 13.0. The van der Waals surface area contributed by atoms with E-state index in [9.17, 15) is 10.1 Å². The molecule has 5 rings (SSSR count). The molecule has 1 aliphatic carbocycles. The fourth-order valence-electron chi connectivity index (χ4n) is 5.70. The summed E-state index contributed by atoms with van der Waals surface area (Å²) in [5.74, 6) is 0.777. The maximum absolute atomic E-state index is 12.9. The van der Waals surface area contributed by atoms with Crippen molar-refractivity contribution < 1.29 is 0 Å². The van der Waals surface area contributed by atoms with Crippen molar-refractivity contribution in [3.63, 3.8) is 0 Å². The van der Waals surface area contributed by atoms with Gasteiger partial charge in [-0.15, -0.1) is 0 Å². The SMILES string of the molecule is CC[C@H]1CN(C(C)c2ccc(C3CC3)cc2)[C@H](CC)CN1c1cc(=O)n(C)c2ccc(C#N)nc12. The summed E-state index contributed by atoms with van der Waals surface area (Å²) in [5.41, 5.74) is 5.53. The van der Waals surface area contributed by atoms with Gasteiger partial charge < -0.3 is 9.47 Å². The lowest BCUT2D eigenvalue weighted by atomic mass is 9.95. The molecule has 0 radical (unpaired) electrons. The lowest BCUT2D eigenvalue weighted by molar-refractivity contribution is 0.101. The average Bonchev–Trinajstić information content (AvgIpc) is 3.75. The summed E-state index contributed by atoms with van der Waals surface area (Å²) >= 11 is 0. The number of aryl methyl sites for hydroxylation is 1. The Morgan fingerprint density at radius 3 is 2.40 bits per heavy atom. The van der Waals surface area contributed by atoms with Crippen LogP contribution in [0.15, 0.2) is 47.3 Å². The van der Waals surface area contributed by atoms with Crippen LogP contribution in [0.3, 0.4) is 0 Å². The van der Waals surface area contributed by atoms with E-state index in [0.29, 0.717) is 17.8 Å². The number of piperazine rings is 1.